The van der Waals surface area contributed by atoms with E-state index in [1.165, 1.54) is 27.4 Å². The second-order valence-electron chi connectivity index (χ2n) is 6.43. The maximum atomic E-state index is 4.83. The molecule has 0 radical (unpaired) electrons. The molecule has 1 aliphatic rings. The summed E-state index contributed by atoms with van der Waals surface area (Å²) < 4.78 is 2.26. The van der Waals surface area contributed by atoms with Crippen LogP contribution in [-0.2, 0) is 7.05 Å². The van der Waals surface area contributed by atoms with E-state index in [2.05, 4.69) is 66.0 Å². The Morgan fingerprint density at radius 3 is 2.36 bits per heavy atom. The van der Waals surface area contributed by atoms with E-state index in [0.29, 0.717) is 0 Å². The van der Waals surface area contributed by atoms with E-state index in [1.54, 1.807) is 0 Å². The van der Waals surface area contributed by atoms with Crippen molar-refractivity contribution in [2.75, 3.05) is 0 Å². The van der Waals surface area contributed by atoms with Crippen molar-refractivity contribution in [3.63, 3.8) is 0 Å². The summed E-state index contributed by atoms with van der Waals surface area (Å²) in [6.07, 6.45) is 0. The van der Waals surface area contributed by atoms with Gasteiger partial charge in [0.15, 0.2) is 0 Å². The van der Waals surface area contributed by atoms with Gasteiger partial charge in [0.1, 0.15) is 5.66 Å². The Hall–Kier alpha value is -2.42. The molecule has 0 bridgehead atoms. The predicted octanol–water partition coefficient (Wildman–Crippen LogP) is 4.33. The topological polar surface area (TPSA) is 29.6 Å². The summed E-state index contributed by atoms with van der Waals surface area (Å²) in [5.41, 5.74) is 5.32. The SMILES string of the molecule is CC1=NC(C)(C)N=C1c1cccc2c3ccccc3n(C)c12. The summed E-state index contributed by atoms with van der Waals surface area (Å²) in [5, 5.41) is 2.56. The van der Waals surface area contributed by atoms with Crippen LogP contribution in [0.2, 0.25) is 0 Å². The van der Waals surface area contributed by atoms with E-state index in [0.717, 1.165) is 11.4 Å². The first kappa shape index (κ1) is 13.3. The molecule has 1 aromatic heterocycles. The molecule has 3 heteroatoms. The molecule has 0 N–H and O–H groups in total. The predicted molar refractivity (Wildman–Crippen MR) is 94.2 cm³/mol. The van der Waals surface area contributed by atoms with Crippen LogP contribution in [0.1, 0.15) is 26.3 Å². The van der Waals surface area contributed by atoms with E-state index in [4.69, 9.17) is 4.99 Å². The number of benzene rings is 2. The fourth-order valence-corrected chi connectivity index (χ4v) is 3.53. The first-order valence-electron chi connectivity index (χ1n) is 7.61. The molecular formula is C19H19N3. The van der Waals surface area contributed by atoms with Crippen molar-refractivity contribution in [1.29, 1.82) is 0 Å². The number of para-hydroxylation sites is 2. The monoisotopic (exact) mass is 289 g/mol. The molecule has 1 aliphatic heterocycles. The number of fused-ring (bicyclic) bond motifs is 3. The van der Waals surface area contributed by atoms with Gasteiger partial charge in [-0.2, -0.15) is 0 Å². The maximum Gasteiger partial charge on any atom is 0.145 e. The molecule has 0 spiro atoms. The fraction of sp³-hybridized carbons (Fsp3) is 0.263. The molecule has 0 saturated carbocycles. The maximum absolute atomic E-state index is 4.83. The second-order valence-corrected chi connectivity index (χ2v) is 6.43. The Morgan fingerprint density at radius 1 is 0.909 bits per heavy atom. The lowest BCUT2D eigenvalue weighted by Crippen LogP contribution is -2.11. The molecule has 3 aromatic rings. The van der Waals surface area contributed by atoms with Crippen molar-refractivity contribution in [2.24, 2.45) is 17.0 Å². The quantitative estimate of drug-likeness (QED) is 0.638. The van der Waals surface area contributed by atoms with Crippen LogP contribution in [0.5, 0.6) is 0 Å². The zero-order chi connectivity index (χ0) is 15.5. The fourth-order valence-electron chi connectivity index (χ4n) is 3.53. The Bertz CT molecular complexity index is 971. The van der Waals surface area contributed by atoms with Crippen LogP contribution in [0.25, 0.3) is 21.8 Å². The molecule has 0 unspecified atom stereocenters. The summed E-state index contributed by atoms with van der Waals surface area (Å²) in [6.45, 7) is 6.14. The van der Waals surface area contributed by atoms with Gasteiger partial charge in [-0.15, -0.1) is 0 Å². The number of hydrogen-bond donors (Lipinski definition) is 0. The molecule has 0 saturated heterocycles. The number of hydrogen-bond acceptors (Lipinski definition) is 2. The van der Waals surface area contributed by atoms with Crippen LogP contribution in [0, 0.1) is 0 Å². The van der Waals surface area contributed by atoms with E-state index in [-0.39, 0.29) is 5.66 Å². The van der Waals surface area contributed by atoms with E-state index in [1.807, 2.05) is 13.8 Å². The van der Waals surface area contributed by atoms with Gasteiger partial charge in [-0.1, -0.05) is 36.4 Å². The molecular weight excluding hydrogens is 270 g/mol. The van der Waals surface area contributed by atoms with Gasteiger partial charge in [0.05, 0.1) is 16.9 Å². The highest BCUT2D eigenvalue weighted by molar-refractivity contribution is 6.50. The van der Waals surface area contributed by atoms with Gasteiger partial charge in [-0.25, -0.2) is 0 Å². The minimum atomic E-state index is -0.355. The smallest absolute Gasteiger partial charge is 0.145 e. The molecule has 4 rings (SSSR count). The van der Waals surface area contributed by atoms with Crippen LogP contribution in [0.15, 0.2) is 52.4 Å². The van der Waals surface area contributed by atoms with Gasteiger partial charge >= 0.3 is 0 Å². The van der Waals surface area contributed by atoms with Gasteiger partial charge < -0.3 is 4.57 Å². The van der Waals surface area contributed by atoms with Crippen molar-refractivity contribution < 1.29 is 0 Å². The first-order valence-corrected chi connectivity index (χ1v) is 7.61. The van der Waals surface area contributed by atoms with Crippen molar-refractivity contribution >= 4 is 33.2 Å². The summed E-state index contributed by atoms with van der Waals surface area (Å²) in [6, 6.07) is 15.0. The van der Waals surface area contributed by atoms with Gasteiger partial charge in [-0.05, 0) is 26.8 Å². The third-order valence-corrected chi connectivity index (χ3v) is 4.35. The Labute approximate surface area is 130 Å². The summed E-state index contributed by atoms with van der Waals surface area (Å²) in [4.78, 5) is 9.51. The first-order chi connectivity index (χ1) is 10.5. The Balaban J connectivity index is 2.11. The van der Waals surface area contributed by atoms with Crippen molar-refractivity contribution in [3.8, 4) is 0 Å². The lowest BCUT2D eigenvalue weighted by Gasteiger charge is -2.09. The second kappa shape index (κ2) is 4.29. The van der Waals surface area contributed by atoms with Crippen LogP contribution in [0.4, 0.5) is 0 Å². The Morgan fingerprint density at radius 2 is 1.64 bits per heavy atom. The minimum absolute atomic E-state index is 0.355. The number of aryl methyl sites for hydroxylation is 1. The normalized spacial score (nSPS) is 17.1. The molecule has 3 nitrogen and oxygen atoms in total. The van der Waals surface area contributed by atoms with Crippen molar-refractivity contribution in [3.05, 3.63) is 48.0 Å². The summed E-state index contributed by atoms with van der Waals surface area (Å²) in [5.74, 6) is 0. The number of aromatic nitrogens is 1. The summed E-state index contributed by atoms with van der Waals surface area (Å²) in [7, 11) is 2.13. The molecule has 0 atom stereocenters. The lowest BCUT2D eigenvalue weighted by molar-refractivity contribution is 0.566. The minimum Gasteiger partial charge on any atom is -0.343 e. The number of aliphatic imine (C=N–C) groups is 2. The zero-order valence-electron chi connectivity index (χ0n) is 13.4. The lowest BCUT2D eigenvalue weighted by atomic mass is 10.0. The van der Waals surface area contributed by atoms with Crippen molar-refractivity contribution in [1.82, 2.24) is 4.57 Å². The van der Waals surface area contributed by atoms with Gasteiger partial charge in [0.25, 0.3) is 0 Å². The molecule has 0 aliphatic carbocycles. The molecule has 2 aromatic carbocycles. The number of nitrogens with zero attached hydrogens (tertiary/aromatic N) is 3. The van der Waals surface area contributed by atoms with Gasteiger partial charge in [0, 0.05) is 28.9 Å². The average Bonchev–Trinajstić information content (AvgIpc) is 2.94. The zero-order valence-corrected chi connectivity index (χ0v) is 13.4. The summed E-state index contributed by atoms with van der Waals surface area (Å²) >= 11 is 0. The third kappa shape index (κ3) is 1.75. The largest absolute Gasteiger partial charge is 0.343 e. The van der Waals surface area contributed by atoms with Crippen LogP contribution >= 0.6 is 0 Å². The highest BCUT2D eigenvalue weighted by atomic mass is 15.1. The molecule has 110 valence electrons. The molecule has 0 amide bonds. The molecule has 22 heavy (non-hydrogen) atoms. The van der Waals surface area contributed by atoms with Crippen LogP contribution in [0.3, 0.4) is 0 Å². The van der Waals surface area contributed by atoms with Crippen LogP contribution in [-0.4, -0.2) is 21.7 Å². The average molecular weight is 289 g/mol. The van der Waals surface area contributed by atoms with E-state index < -0.39 is 0 Å². The highest BCUT2D eigenvalue weighted by Gasteiger charge is 2.27. The Kier molecular flexibility index (Phi) is 2.59. The third-order valence-electron chi connectivity index (χ3n) is 4.35. The van der Waals surface area contributed by atoms with Crippen molar-refractivity contribution in [2.45, 2.75) is 26.4 Å². The van der Waals surface area contributed by atoms with Crippen LogP contribution < -0.4 is 0 Å². The van der Waals surface area contributed by atoms with E-state index >= 15 is 0 Å². The standard InChI is InChI=1S/C19H19N3/c1-12-17(21-19(2,3)20-12)15-10-7-9-14-13-8-5-6-11-16(13)22(4)18(14)15/h5-11H,1-4H3. The van der Waals surface area contributed by atoms with E-state index in [9.17, 15) is 0 Å². The van der Waals surface area contributed by atoms with Gasteiger partial charge in [-0.3, -0.25) is 9.98 Å². The molecule has 0 fully saturated rings. The van der Waals surface area contributed by atoms with Gasteiger partial charge in [0.2, 0.25) is 0 Å². The molecule has 2 heterocycles. The highest BCUT2D eigenvalue weighted by Crippen LogP contribution is 2.32. The number of rotatable bonds is 1.